The smallest absolute Gasteiger partial charge is 0.292 e. The number of hydrogen-bond acceptors (Lipinski definition) is 2. The maximum absolute atomic E-state index is 6.40. The van der Waals surface area contributed by atoms with Crippen LogP contribution in [-0.4, -0.2) is 35.0 Å². The molecular formula is C26H26N2O2+2. The standard InChI is InChI=1S/C26H26N2O2/c1-17-9-19(3)25-21(11-17)13-27-15-30-26-20(4)10-18(2)12-22(26)14-28(16-29-25)24-8-6-5-7-23(24)27/h5-14H,15-16H2,1-4H3/q+2/b27-13+,28-14+. The number of aryl methyl sites for hydroxylation is 4. The van der Waals surface area contributed by atoms with Crippen LogP contribution in [-0.2, 0) is 0 Å². The van der Waals surface area contributed by atoms with Gasteiger partial charge in [0.15, 0.2) is 12.4 Å². The van der Waals surface area contributed by atoms with Crippen molar-refractivity contribution in [3.8, 4) is 11.5 Å². The Hall–Kier alpha value is -3.40. The summed E-state index contributed by atoms with van der Waals surface area (Å²) in [6.45, 7) is 9.28. The summed E-state index contributed by atoms with van der Waals surface area (Å²) in [6.07, 6.45) is 4.29. The highest BCUT2D eigenvalue weighted by atomic mass is 16.5. The average Bonchev–Trinajstić information content (AvgIpc) is 2.79. The molecule has 3 aromatic carbocycles. The molecule has 2 heterocycles. The number of rotatable bonds is 0. The molecule has 4 heteroatoms. The highest BCUT2D eigenvalue weighted by Crippen LogP contribution is 2.34. The molecule has 0 amide bonds. The molecule has 0 fully saturated rings. The first-order chi connectivity index (χ1) is 14.5. The van der Waals surface area contributed by atoms with E-state index in [9.17, 15) is 0 Å². The predicted octanol–water partition coefficient (Wildman–Crippen LogP) is 5.15. The first-order valence-corrected chi connectivity index (χ1v) is 10.3. The van der Waals surface area contributed by atoms with Gasteiger partial charge in [0.1, 0.15) is 11.5 Å². The largest absolute Gasteiger partial charge is 0.435 e. The molecule has 5 rings (SSSR count). The number of benzene rings is 3. The number of ether oxygens (including phenoxy) is 2. The summed E-state index contributed by atoms with van der Waals surface area (Å²) in [4.78, 5) is 0. The van der Waals surface area contributed by atoms with Crippen LogP contribution in [0.25, 0.3) is 0 Å². The van der Waals surface area contributed by atoms with E-state index >= 15 is 0 Å². The molecule has 2 aliphatic heterocycles. The van der Waals surface area contributed by atoms with Gasteiger partial charge >= 0.3 is 0 Å². The molecule has 2 aliphatic rings. The van der Waals surface area contributed by atoms with Crippen molar-refractivity contribution in [2.45, 2.75) is 27.7 Å². The molecule has 3 aromatic rings. The van der Waals surface area contributed by atoms with Gasteiger partial charge in [-0.15, -0.1) is 0 Å². The minimum atomic E-state index is 0.419. The Labute approximate surface area is 177 Å². The first-order valence-electron chi connectivity index (χ1n) is 10.3. The molecule has 30 heavy (non-hydrogen) atoms. The molecule has 2 bridgehead atoms. The van der Waals surface area contributed by atoms with Gasteiger partial charge in [0, 0.05) is 12.1 Å². The summed E-state index contributed by atoms with van der Waals surface area (Å²) in [5.74, 6) is 1.83. The highest BCUT2D eigenvalue weighted by molar-refractivity contribution is 5.84. The predicted molar refractivity (Wildman–Crippen MR) is 119 cm³/mol. The van der Waals surface area contributed by atoms with Crippen molar-refractivity contribution in [1.29, 1.82) is 0 Å². The minimum Gasteiger partial charge on any atom is -0.435 e. The highest BCUT2D eigenvalue weighted by Gasteiger charge is 2.30. The zero-order valence-electron chi connectivity index (χ0n) is 17.9. The first kappa shape index (κ1) is 18.6. The number of para-hydroxylation sites is 2. The van der Waals surface area contributed by atoms with E-state index in [1.807, 2.05) is 0 Å². The van der Waals surface area contributed by atoms with Gasteiger partial charge < -0.3 is 9.47 Å². The van der Waals surface area contributed by atoms with E-state index in [-0.39, 0.29) is 0 Å². The molecule has 0 unspecified atom stereocenters. The summed E-state index contributed by atoms with van der Waals surface area (Å²) in [5.41, 5.74) is 9.01. The summed E-state index contributed by atoms with van der Waals surface area (Å²) in [6, 6.07) is 17.1. The number of nitrogens with zero attached hydrogens (tertiary/aromatic N) is 2. The normalized spacial score (nSPS) is 18.1. The van der Waals surface area contributed by atoms with Crippen molar-refractivity contribution in [3.05, 3.63) is 81.9 Å². The third-order valence-electron chi connectivity index (χ3n) is 5.68. The summed E-state index contributed by atoms with van der Waals surface area (Å²) in [5, 5.41) is 0. The quantitative estimate of drug-likeness (QED) is 0.490. The van der Waals surface area contributed by atoms with Gasteiger partial charge in [0.2, 0.25) is 0 Å². The van der Waals surface area contributed by atoms with E-state index in [0.717, 1.165) is 45.1 Å². The van der Waals surface area contributed by atoms with Crippen molar-refractivity contribution in [3.63, 3.8) is 0 Å². The van der Waals surface area contributed by atoms with Crippen LogP contribution in [0.1, 0.15) is 33.4 Å². The van der Waals surface area contributed by atoms with E-state index in [4.69, 9.17) is 9.47 Å². The van der Waals surface area contributed by atoms with Crippen LogP contribution in [0.3, 0.4) is 0 Å². The monoisotopic (exact) mass is 398 g/mol. The maximum atomic E-state index is 6.40. The van der Waals surface area contributed by atoms with Gasteiger partial charge in [-0.1, -0.05) is 24.3 Å². The second-order valence-corrected chi connectivity index (χ2v) is 8.23. The van der Waals surface area contributed by atoms with Crippen LogP contribution >= 0.6 is 0 Å². The van der Waals surface area contributed by atoms with Gasteiger partial charge in [-0.2, -0.15) is 9.15 Å². The number of hydrogen-bond donors (Lipinski definition) is 0. The Morgan fingerprint density at radius 2 is 1.07 bits per heavy atom. The van der Waals surface area contributed by atoms with Gasteiger partial charge in [-0.05, 0) is 62.1 Å². The maximum Gasteiger partial charge on any atom is 0.292 e. The zero-order valence-corrected chi connectivity index (χ0v) is 17.9. The average molecular weight is 399 g/mol. The fraction of sp³-hybridized carbons (Fsp3) is 0.231. The Balaban J connectivity index is 1.82. The van der Waals surface area contributed by atoms with Gasteiger partial charge in [0.25, 0.3) is 24.8 Å². The van der Waals surface area contributed by atoms with Gasteiger partial charge in [-0.25, -0.2) is 0 Å². The third-order valence-corrected chi connectivity index (χ3v) is 5.68. The Kier molecular flexibility index (Phi) is 4.43. The van der Waals surface area contributed by atoms with Crippen LogP contribution in [0, 0.1) is 27.7 Å². The van der Waals surface area contributed by atoms with E-state index < -0.39 is 0 Å². The van der Waals surface area contributed by atoms with Gasteiger partial charge in [-0.3, -0.25) is 0 Å². The van der Waals surface area contributed by atoms with E-state index in [1.54, 1.807) is 0 Å². The summed E-state index contributed by atoms with van der Waals surface area (Å²) >= 11 is 0. The summed E-state index contributed by atoms with van der Waals surface area (Å²) in [7, 11) is 0. The lowest BCUT2D eigenvalue weighted by molar-refractivity contribution is -0.502. The molecule has 0 aliphatic carbocycles. The van der Waals surface area contributed by atoms with Crippen LogP contribution in [0.4, 0.5) is 11.4 Å². The van der Waals surface area contributed by atoms with Gasteiger partial charge in [0.05, 0.1) is 11.1 Å². The van der Waals surface area contributed by atoms with E-state index in [2.05, 4.69) is 97.8 Å². The lowest BCUT2D eigenvalue weighted by atomic mass is 10.1. The molecule has 0 radical (unpaired) electrons. The molecule has 0 aromatic heterocycles. The van der Waals surface area contributed by atoms with Crippen molar-refractivity contribution < 1.29 is 18.6 Å². The van der Waals surface area contributed by atoms with E-state index in [0.29, 0.717) is 13.5 Å². The second kappa shape index (κ2) is 7.13. The summed E-state index contributed by atoms with van der Waals surface area (Å²) < 4.78 is 17.2. The second-order valence-electron chi connectivity index (χ2n) is 8.23. The van der Waals surface area contributed by atoms with Crippen molar-refractivity contribution in [2.24, 2.45) is 0 Å². The molecule has 0 atom stereocenters. The van der Waals surface area contributed by atoms with Crippen LogP contribution < -0.4 is 9.47 Å². The lowest BCUT2D eigenvalue weighted by Gasteiger charge is -2.13. The fourth-order valence-electron chi connectivity index (χ4n) is 4.47. The molecule has 0 N–H and O–H groups in total. The minimum absolute atomic E-state index is 0.419. The zero-order chi connectivity index (χ0) is 20.8. The van der Waals surface area contributed by atoms with E-state index in [1.165, 1.54) is 11.1 Å². The molecule has 0 saturated heterocycles. The van der Waals surface area contributed by atoms with Crippen molar-refractivity contribution in [2.75, 3.05) is 13.5 Å². The molecule has 0 spiro atoms. The molecule has 150 valence electrons. The SMILES string of the molecule is Cc1cc(C)c2c(c1)/C=[N+]1\COc3c(C)cc(C)cc3/C=[N+](\CO2)c2ccccc21. The Morgan fingerprint density at radius 3 is 1.50 bits per heavy atom. The topological polar surface area (TPSA) is 24.5 Å². The van der Waals surface area contributed by atoms with Crippen LogP contribution in [0.15, 0.2) is 48.5 Å². The van der Waals surface area contributed by atoms with Crippen LogP contribution in [0.2, 0.25) is 0 Å². The lowest BCUT2D eigenvalue weighted by Crippen LogP contribution is -2.17. The van der Waals surface area contributed by atoms with Crippen LogP contribution in [0.5, 0.6) is 11.5 Å². The molecule has 4 nitrogen and oxygen atoms in total. The fourth-order valence-corrected chi connectivity index (χ4v) is 4.47. The Bertz CT molecular complexity index is 1140. The van der Waals surface area contributed by atoms with Crippen molar-refractivity contribution in [1.82, 2.24) is 0 Å². The molecule has 0 saturated carbocycles. The molecular weight excluding hydrogens is 372 g/mol. The third kappa shape index (κ3) is 3.18. The number of fused-ring (bicyclic) bond motifs is 2. The van der Waals surface area contributed by atoms with Crippen molar-refractivity contribution >= 4 is 23.8 Å². The Morgan fingerprint density at radius 1 is 0.633 bits per heavy atom.